The van der Waals surface area contributed by atoms with Gasteiger partial charge in [0.1, 0.15) is 0 Å². The molecule has 1 heterocycles. The molecule has 0 saturated carbocycles. The lowest BCUT2D eigenvalue weighted by Crippen LogP contribution is -2.35. The van der Waals surface area contributed by atoms with Gasteiger partial charge in [-0.2, -0.15) is 0 Å². The lowest BCUT2D eigenvalue weighted by atomic mass is 10.00. The predicted molar refractivity (Wildman–Crippen MR) is 71.6 cm³/mol. The second-order valence-electron chi connectivity index (χ2n) is 4.29. The van der Waals surface area contributed by atoms with Gasteiger partial charge in [0.25, 0.3) is 0 Å². The van der Waals surface area contributed by atoms with Crippen LogP contribution in [0.2, 0.25) is 0 Å². The third kappa shape index (κ3) is 2.27. The molecule has 0 radical (unpaired) electrons. The highest BCUT2D eigenvalue weighted by atomic mass is 16.2. The maximum Gasteiger partial charge on any atom is 0.250 e. The molecular formula is C14H16N2O2. The van der Waals surface area contributed by atoms with E-state index < -0.39 is 0 Å². The Labute approximate surface area is 106 Å². The number of rotatable bonds is 2. The summed E-state index contributed by atoms with van der Waals surface area (Å²) in [6.45, 7) is 5.64. The predicted octanol–water partition coefficient (Wildman–Crippen LogP) is 2.11. The molecule has 1 N–H and O–H groups in total. The Balaban J connectivity index is 2.48. The monoisotopic (exact) mass is 244 g/mol. The summed E-state index contributed by atoms with van der Waals surface area (Å²) in [5.41, 5.74) is 2.58. The zero-order chi connectivity index (χ0) is 13.1. The van der Waals surface area contributed by atoms with Gasteiger partial charge in [0.15, 0.2) is 0 Å². The van der Waals surface area contributed by atoms with E-state index in [0.717, 1.165) is 24.1 Å². The van der Waals surface area contributed by atoms with E-state index in [0.29, 0.717) is 12.2 Å². The Bertz CT molecular complexity index is 509. The zero-order valence-corrected chi connectivity index (χ0v) is 10.4. The highest BCUT2D eigenvalue weighted by Crippen LogP contribution is 2.34. The van der Waals surface area contributed by atoms with Gasteiger partial charge in [-0.3, -0.25) is 9.59 Å². The van der Waals surface area contributed by atoms with Gasteiger partial charge in [0, 0.05) is 13.5 Å². The van der Waals surface area contributed by atoms with Crippen LogP contribution in [0.5, 0.6) is 0 Å². The lowest BCUT2D eigenvalue weighted by molar-refractivity contribution is -0.115. The topological polar surface area (TPSA) is 49.4 Å². The van der Waals surface area contributed by atoms with Crippen LogP contribution in [0.15, 0.2) is 30.9 Å². The van der Waals surface area contributed by atoms with Gasteiger partial charge >= 0.3 is 0 Å². The molecule has 0 spiro atoms. The molecule has 1 aromatic rings. The van der Waals surface area contributed by atoms with E-state index in [4.69, 9.17) is 0 Å². The van der Waals surface area contributed by atoms with Crippen molar-refractivity contribution in [1.29, 1.82) is 0 Å². The van der Waals surface area contributed by atoms with Crippen molar-refractivity contribution in [2.75, 3.05) is 16.8 Å². The third-order valence-electron chi connectivity index (χ3n) is 2.97. The van der Waals surface area contributed by atoms with Crippen LogP contribution in [0, 0.1) is 0 Å². The van der Waals surface area contributed by atoms with Crippen LogP contribution < -0.4 is 10.2 Å². The Morgan fingerprint density at radius 2 is 2.22 bits per heavy atom. The number of aryl methyl sites for hydroxylation is 1. The Morgan fingerprint density at radius 1 is 1.44 bits per heavy atom. The summed E-state index contributed by atoms with van der Waals surface area (Å²) in [4.78, 5) is 24.8. The number of amides is 2. The van der Waals surface area contributed by atoms with E-state index in [1.165, 1.54) is 13.0 Å². The lowest BCUT2D eigenvalue weighted by Gasteiger charge is -2.30. The molecular weight excluding hydrogens is 228 g/mol. The first-order valence-electron chi connectivity index (χ1n) is 5.97. The van der Waals surface area contributed by atoms with Gasteiger partial charge in [0.2, 0.25) is 11.8 Å². The molecule has 1 aliphatic heterocycles. The summed E-state index contributed by atoms with van der Waals surface area (Å²) in [7, 11) is 0. The minimum Gasteiger partial charge on any atom is -0.325 e. The number of hydrogen-bond acceptors (Lipinski definition) is 2. The van der Waals surface area contributed by atoms with E-state index >= 15 is 0 Å². The number of para-hydroxylation sites is 1. The Kier molecular flexibility index (Phi) is 3.46. The normalized spacial score (nSPS) is 13.7. The molecule has 2 rings (SSSR count). The maximum atomic E-state index is 11.9. The summed E-state index contributed by atoms with van der Waals surface area (Å²) in [5.74, 6) is -0.270. The molecule has 4 nitrogen and oxygen atoms in total. The van der Waals surface area contributed by atoms with Crippen molar-refractivity contribution in [2.45, 2.75) is 19.8 Å². The summed E-state index contributed by atoms with van der Waals surface area (Å²) in [5, 5.41) is 2.77. The Hall–Kier alpha value is -2.10. The second-order valence-corrected chi connectivity index (χ2v) is 4.29. The fourth-order valence-electron chi connectivity index (χ4n) is 2.27. The summed E-state index contributed by atoms with van der Waals surface area (Å²) >= 11 is 0. The zero-order valence-electron chi connectivity index (χ0n) is 10.4. The number of nitrogens with zero attached hydrogens (tertiary/aromatic N) is 1. The quantitative estimate of drug-likeness (QED) is 0.810. The van der Waals surface area contributed by atoms with Crippen LogP contribution in [0.3, 0.4) is 0 Å². The van der Waals surface area contributed by atoms with Gasteiger partial charge in [-0.05, 0) is 30.5 Å². The fraction of sp³-hybridized carbons (Fsp3) is 0.286. The van der Waals surface area contributed by atoms with Crippen molar-refractivity contribution in [3.8, 4) is 0 Å². The SMILES string of the molecule is C=CC(=O)N1CCCc2cccc(NC(C)=O)c21. The summed E-state index contributed by atoms with van der Waals surface area (Å²) in [6, 6.07) is 5.70. The molecule has 1 aliphatic rings. The van der Waals surface area contributed by atoms with E-state index in [-0.39, 0.29) is 11.8 Å². The molecule has 4 heteroatoms. The van der Waals surface area contributed by atoms with Gasteiger partial charge < -0.3 is 10.2 Å². The largest absolute Gasteiger partial charge is 0.325 e. The standard InChI is InChI=1S/C14H16N2O2/c1-3-13(18)16-9-5-7-11-6-4-8-12(14(11)16)15-10(2)17/h3-4,6,8H,1,5,7,9H2,2H3,(H,15,17). The molecule has 0 bridgehead atoms. The van der Waals surface area contributed by atoms with Gasteiger partial charge in [-0.15, -0.1) is 0 Å². The number of carbonyl (C=O) groups is 2. The molecule has 0 aromatic heterocycles. The smallest absolute Gasteiger partial charge is 0.250 e. The van der Waals surface area contributed by atoms with Crippen molar-refractivity contribution in [2.24, 2.45) is 0 Å². The number of anilines is 2. The molecule has 0 aliphatic carbocycles. The first kappa shape index (κ1) is 12.4. The minimum atomic E-state index is -0.139. The van der Waals surface area contributed by atoms with Gasteiger partial charge in [0.05, 0.1) is 11.4 Å². The number of benzene rings is 1. The van der Waals surface area contributed by atoms with E-state index in [2.05, 4.69) is 11.9 Å². The third-order valence-corrected chi connectivity index (χ3v) is 2.97. The van der Waals surface area contributed by atoms with Crippen LogP contribution >= 0.6 is 0 Å². The number of nitrogens with one attached hydrogen (secondary N) is 1. The van der Waals surface area contributed by atoms with E-state index in [1.54, 1.807) is 4.90 Å². The number of carbonyl (C=O) groups excluding carboxylic acids is 2. The van der Waals surface area contributed by atoms with E-state index in [9.17, 15) is 9.59 Å². The van der Waals surface area contributed by atoms with Crippen LogP contribution in [0.1, 0.15) is 18.9 Å². The number of fused-ring (bicyclic) bond motifs is 1. The molecule has 0 fully saturated rings. The van der Waals surface area contributed by atoms with Crippen LogP contribution in [-0.4, -0.2) is 18.4 Å². The van der Waals surface area contributed by atoms with Crippen molar-refractivity contribution < 1.29 is 9.59 Å². The van der Waals surface area contributed by atoms with Gasteiger partial charge in [-0.25, -0.2) is 0 Å². The molecule has 94 valence electrons. The molecule has 0 saturated heterocycles. The van der Waals surface area contributed by atoms with Crippen molar-refractivity contribution in [3.63, 3.8) is 0 Å². The molecule has 1 aromatic carbocycles. The second kappa shape index (κ2) is 5.04. The van der Waals surface area contributed by atoms with E-state index in [1.807, 2.05) is 18.2 Å². The summed E-state index contributed by atoms with van der Waals surface area (Å²) in [6.07, 6.45) is 3.15. The first-order valence-corrected chi connectivity index (χ1v) is 5.97. The van der Waals surface area contributed by atoms with Crippen LogP contribution in [0.4, 0.5) is 11.4 Å². The van der Waals surface area contributed by atoms with Crippen LogP contribution in [0.25, 0.3) is 0 Å². The molecule has 0 unspecified atom stereocenters. The highest BCUT2D eigenvalue weighted by molar-refractivity contribution is 6.06. The minimum absolute atomic E-state index is 0.131. The maximum absolute atomic E-state index is 11.9. The molecule has 18 heavy (non-hydrogen) atoms. The molecule has 0 atom stereocenters. The fourth-order valence-corrected chi connectivity index (χ4v) is 2.27. The molecule has 2 amide bonds. The van der Waals surface area contributed by atoms with Crippen LogP contribution in [-0.2, 0) is 16.0 Å². The average molecular weight is 244 g/mol. The van der Waals surface area contributed by atoms with Gasteiger partial charge in [-0.1, -0.05) is 18.7 Å². The highest BCUT2D eigenvalue weighted by Gasteiger charge is 2.23. The van der Waals surface area contributed by atoms with Crippen molar-refractivity contribution in [3.05, 3.63) is 36.4 Å². The summed E-state index contributed by atoms with van der Waals surface area (Å²) < 4.78 is 0. The van der Waals surface area contributed by atoms with Crippen molar-refractivity contribution >= 4 is 23.2 Å². The average Bonchev–Trinajstić information content (AvgIpc) is 2.37. The van der Waals surface area contributed by atoms with Crippen molar-refractivity contribution in [1.82, 2.24) is 0 Å². The number of hydrogen-bond donors (Lipinski definition) is 1. The first-order chi connectivity index (χ1) is 8.63. The Morgan fingerprint density at radius 3 is 2.89 bits per heavy atom.